The van der Waals surface area contributed by atoms with Crippen LogP contribution in [0, 0.1) is 19.8 Å². The van der Waals surface area contributed by atoms with Gasteiger partial charge in [0.2, 0.25) is 0 Å². The molecule has 1 N–H and O–H groups in total. The van der Waals surface area contributed by atoms with Crippen molar-refractivity contribution < 1.29 is 13.2 Å². The Labute approximate surface area is 111 Å². The molecule has 0 saturated heterocycles. The molecule has 1 aliphatic carbocycles. The Balaban J connectivity index is 2.07. The molecule has 1 aromatic heterocycles. The highest BCUT2D eigenvalue weighted by atomic mass is 19.4. The third kappa shape index (κ3) is 3.04. The molecule has 1 aromatic rings. The van der Waals surface area contributed by atoms with Gasteiger partial charge in [0.1, 0.15) is 0 Å². The van der Waals surface area contributed by atoms with Gasteiger partial charge in [0, 0.05) is 13.1 Å². The number of aryl methyl sites for hydroxylation is 2. The van der Waals surface area contributed by atoms with Crippen LogP contribution in [0.1, 0.15) is 37.1 Å². The summed E-state index contributed by atoms with van der Waals surface area (Å²) in [5.74, 6) is -1.17. The third-order valence-electron chi connectivity index (χ3n) is 3.99. The van der Waals surface area contributed by atoms with Gasteiger partial charge in [0.15, 0.2) is 0 Å². The minimum atomic E-state index is -4.07. The standard InChI is InChI=1S/C13H20F3N3/c1-8-12(9(2)19(3)18-8)17-11-6-4-5-10(7-11)13(14,15)16/h10-11,17H,4-7H2,1-3H3. The summed E-state index contributed by atoms with van der Waals surface area (Å²) in [6.45, 7) is 3.80. The molecule has 0 spiro atoms. The lowest BCUT2D eigenvalue weighted by molar-refractivity contribution is -0.182. The number of alkyl halides is 3. The molecular weight excluding hydrogens is 255 g/mol. The maximum absolute atomic E-state index is 12.8. The van der Waals surface area contributed by atoms with E-state index in [-0.39, 0.29) is 18.9 Å². The van der Waals surface area contributed by atoms with Gasteiger partial charge in [0.25, 0.3) is 0 Å². The molecule has 1 saturated carbocycles. The molecule has 0 radical (unpaired) electrons. The van der Waals surface area contributed by atoms with Crippen molar-refractivity contribution in [2.45, 2.75) is 51.7 Å². The monoisotopic (exact) mass is 275 g/mol. The van der Waals surface area contributed by atoms with Crippen molar-refractivity contribution in [3.63, 3.8) is 0 Å². The van der Waals surface area contributed by atoms with Crippen molar-refractivity contribution in [1.29, 1.82) is 0 Å². The third-order valence-corrected chi connectivity index (χ3v) is 3.99. The molecule has 2 unspecified atom stereocenters. The van der Waals surface area contributed by atoms with Crippen molar-refractivity contribution in [2.75, 3.05) is 5.32 Å². The smallest absolute Gasteiger partial charge is 0.379 e. The van der Waals surface area contributed by atoms with Gasteiger partial charge in [-0.05, 0) is 33.1 Å². The van der Waals surface area contributed by atoms with Crippen LogP contribution in [0.15, 0.2) is 0 Å². The number of hydrogen-bond acceptors (Lipinski definition) is 2. The van der Waals surface area contributed by atoms with E-state index in [1.807, 2.05) is 20.9 Å². The molecular formula is C13H20F3N3. The number of nitrogens with one attached hydrogen (secondary N) is 1. The fourth-order valence-corrected chi connectivity index (χ4v) is 2.80. The molecule has 0 amide bonds. The molecule has 2 atom stereocenters. The van der Waals surface area contributed by atoms with Gasteiger partial charge in [-0.15, -0.1) is 0 Å². The summed E-state index contributed by atoms with van der Waals surface area (Å²) in [5, 5.41) is 7.53. The topological polar surface area (TPSA) is 29.9 Å². The highest BCUT2D eigenvalue weighted by molar-refractivity contribution is 5.52. The summed E-state index contributed by atoms with van der Waals surface area (Å²) in [4.78, 5) is 0. The first-order chi connectivity index (χ1) is 8.79. The van der Waals surface area contributed by atoms with Crippen LogP contribution >= 0.6 is 0 Å². The van der Waals surface area contributed by atoms with E-state index < -0.39 is 12.1 Å². The largest absolute Gasteiger partial charge is 0.391 e. The van der Waals surface area contributed by atoms with Crippen LogP contribution in [0.4, 0.5) is 18.9 Å². The van der Waals surface area contributed by atoms with Gasteiger partial charge < -0.3 is 5.32 Å². The van der Waals surface area contributed by atoms with E-state index in [0.29, 0.717) is 6.42 Å². The van der Waals surface area contributed by atoms with E-state index in [4.69, 9.17) is 0 Å². The zero-order valence-electron chi connectivity index (χ0n) is 11.5. The van der Waals surface area contributed by atoms with Crippen molar-refractivity contribution in [1.82, 2.24) is 9.78 Å². The Bertz CT molecular complexity index is 451. The normalized spacial score (nSPS) is 24.5. The van der Waals surface area contributed by atoms with Gasteiger partial charge in [0.05, 0.1) is 23.0 Å². The molecule has 2 rings (SSSR count). The SMILES string of the molecule is Cc1nn(C)c(C)c1NC1CCCC(C(F)(F)F)C1. The van der Waals surface area contributed by atoms with Crippen molar-refractivity contribution in [3.8, 4) is 0 Å². The maximum Gasteiger partial charge on any atom is 0.391 e. The van der Waals surface area contributed by atoms with E-state index in [1.165, 1.54) is 0 Å². The second kappa shape index (κ2) is 5.06. The highest BCUT2D eigenvalue weighted by Gasteiger charge is 2.42. The first-order valence-electron chi connectivity index (χ1n) is 6.62. The first-order valence-corrected chi connectivity index (χ1v) is 6.62. The Hall–Kier alpha value is -1.20. The van der Waals surface area contributed by atoms with E-state index in [9.17, 15) is 13.2 Å². The Morgan fingerprint density at radius 3 is 2.47 bits per heavy atom. The fraction of sp³-hybridized carbons (Fsp3) is 0.769. The summed E-state index contributed by atoms with van der Waals surface area (Å²) < 4.78 is 40.1. The second-order valence-corrected chi connectivity index (χ2v) is 5.42. The summed E-state index contributed by atoms with van der Waals surface area (Å²) in [7, 11) is 1.84. The minimum Gasteiger partial charge on any atom is -0.379 e. The van der Waals surface area contributed by atoms with Gasteiger partial charge >= 0.3 is 6.18 Å². The first kappa shape index (κ1) is 14.2. The lowest BCUT2D eigenvalue weighted by Gasteiger charge is -2.31. The molecule has 108 valence electrons. The van der Waals surface area contributed by atoms with Crippen LogP contribution in [0.5, 0.6) is 0 Å². The molecule has 1 heterocycles. The minimum absolute atomic E-state index is 0.109. The maximum atomic E-state index is 12.8. The number of rotatable bonds is 2. The van der Waals surface area contributed by atoms with E-state index in [2.05, 4.69) is 10.4 Å². The predicted octanol–water partition coefficient (Wildman–Crippen LogP) is 3.57. The summed E-state index contributed by atoms with van der Waals surface area (Å²) in [6, 6.07) is -0.109. The molecule has 0 bridgehead atoms. The molecule has 6 heteroatoms. The van der Waals surface area contributed by atoms with Gasteiger partial charge in [-0.2, -0.15) is 18.3 Å². The quantitative estimate of drug-likeness (QED) is 0.894. The number of hydrogen-bond donors (Lipinski definition) is 1. The molecule has 1 fully saturated rings. The zero-order chi connectivity index (χ0) is 14.2. The summed E-state index contributed by atoms with van der Waals surface area (Å²) >= 11 is 0. The molecule has 19 heavy (non-hydrogen) atoms. The average Bonchev–Trinajstić information content (AvgIpc) is 2.55. The fourth-order valence-electron chi connectivity index (χ4n) is 2.80. The molecule has 1 aliphatic rings. The Morgan fingerprint density at radius 1 is 1.26 bits per heavy atom. The zero-order valence-corrected chi connectivity index (χ0v) is 11.5. The number of anilines is 1. The van der Waals surface area contributed by atoms with Gasteiger partial charge in [-0.1, -0.05) is 6.42 Å². The molecule has 0 aromatic carbocycles. The second-order valence-electron chi connectivity index (χ2n) is 5.42. The van der Waals surface area contributed by atoms with Crippen LogP contribution < -0.4 is 5.32 Å². The van der Waals surface area contributed by atoms with Crippen LogP contribution in [0.3, 0.4) is 0 Å². The summed E-state index contributed by atoms with van der Waals surface area (Å²) in [5.41, 5.74) is 2.69. The van der Waals surface area contributed by atoms with Gasteiger partial charge in [-0.3, -0.25) is 4.68 Å². The molecule has 0 aliphatic heterocycles. The Morgan fingerprint density at radius 2 is 1.95 bits per heavy atom. The van der Waals surface area contributed by atoms with Crippen molar-refractivity contribution >= 4 is 5.69 Å². The van der Waals surface area contributed by atoms with Crippen molar-refractivity contribution in [2.24, 2.45) is 13.0 Å². The van der Waals surface area contributed by atoms with Crippen LogP contribution in [-0.4, -0.2) is 22.0 Å². The van der Waals surface area contributed by atoms with E-state index in [1.54, 1.807) is 4.68 Å². The van der Waals surface area contributed by atoms with E-state index in [0.717, 1.165) is 23.5 Å². The lowest BCUT2D eigenvalue weighted by Crippen LogP contribution is -2.34. The predicted molar refractivity (Wildman–Crippen MR) is 68.1 cm³/mol. The highest BCUT2D eigenvalue weighted by Crippen LogP contribution is 2.38. The van der Waals surface area contributed by atoms with Crippen molar-refractivity contribution in [3.05, 3.63) is 11.4 Å². The number of nitrogens with zero attached hydrogens (tertiary/aromatic N) is 2. The van der Waals surface area contributed by atoms with Crippen LogP contribution in [-0.2, 0) is 7.05 Å². The van der Waals surface area contributed by atoms with E-state index >= 15 is 0 Å². The molecule has 3 nitrogen and oxygen atoms in total. The number of halogens is 3. The number of aromatic nitrogens is 2. The average molecular weight is 275 g/mol. The van der Waals surface area contributed by atoms with Crippen LogP contribution in [0.2, 0.25) is 0 Å². The Kier molecular flexibility index (Phi) is 3.78. The van der Waals surface area contributed by atoms with Gasteiger partial charge in [-0.25, -0.2) is 0 Å². The van der Waals surface area contributed by atoms with Crippen LogP contribution in [0.25, 0.3) is 0 Å². The summed E-state index contributed by atoms with van der Waals surface area (Å²) in [6.07, 6.45) is -2.23. The lowest BCUT2D eigenvalue weighted by atomic mass is 9.85.